The Hall–Kier alpha value is -1.54. The fourth-order valence-electron chi connectivity index (χ4n) is 0.967. The maximum atomic E-state index is 13.3. The van der Waals surface area contributed by atoms with Crippen molar-refractivity contribution in [3.8, 4) is 0 Å². The highest BCUT2D eigenvalue weighted by Gasteiger charge is 2.75. The SMILES string of the molecule is C=CN(C=C)P(OC(F)(F)C(F)(F)C(F)(F)F)N(C=C)C=C. The van der Waals surface area contributed by atoms with Crippen molar-refractivity contribution in [3.63, 3.8) is 0 Å². The molecule has 0 heterocycles. The van der Waals surface area contributed by atoms with Gasteiger partial charge < -0.3 is 0 Å². The van der Waals surface area contributed by atoms with E-state index in [0.717, 1.165) is 24.8 Å². The molecule has 0 aliphatic carbocycles. The molecule has 0 saturated carbocycles. The highest BCUT2D eigenvalue weighted by molar-refractivity contribution is 7.47. The van der Waals surface area contributed by atoms with Crippen LogP contribution in [0.25, 0.3) is 0 Å². The second-order valence-corrected chi connectivity index (χ2v) is 5.04. The number of hydrogen-bond donors (Lipinski definition) is 0. The van der Waals surface area contributed by atoms with E-state index < -0.39 is 26.7 Å². The summed E-state index contributed by atoms with van der Waals surface area (Å²) < 4.78 is 93.9. The average molecular weight is 352 g/mol. The molecule has 0 spiro atoms. The number of halogens is 7. The summed E-state index contributed by atoms with van der Waals surface area (Å²) in [5.41, 5.74) is 0. The maximum Gasteiger partial charge on any atom is 0.462 e. The molecule has 0 radical (unpaired) electrons. The van der Waals surface area contributed by atoms with Crippen LogP contribution in [0.2, 0.25) is 0 Å². The Morgan fingerprint density at radius 1 is 0.727 bits per heavy atom. The lowest BCUT2D eigenvalue weighted by Crippen LogP contribution is -2.53. The smallest absolute Gasteiger partial charge is 0.294 e. The summed E-state index contributed by atoms with van der Waals surface area (Å²) in [5.74, 6) is -6.40. The van der Waals surface area contributed by atoms with E-state index in [1.807, 2.05) is 0 Å². The van der Waals surface area contributed by atoms with E-state index in [2.05, 4.69) is 30.8 Å². The predicted molar refractivity (Wildman–Crippen MR) is 68.4 cm³/mol. The van der Waals surface area contributed by atoms with Crippen LogP contribution in [0.5, 0.6) is 0 Å². The quantitative estimate of drug-likeness (QED) is 0.419. The van der Waals surface area contributed by atoms with Gasteiger partial charge in [0.15, 0.2) is 0 Å². The molecule has 0 fully saturated rings. The topological polar surface area (TPSA) is 15.7 Å². The lowest BCUT2D eigenvalue weighted by Gasteiger charge is -2.36. The van der Waals surface area contributed by atoms with Crippen LogP contribution in [-0.4, -0.2) is 27.5 Å². The van der Waals surface area contributed by atoms with Crippen LogP contribution in [0.1, 0.15) is 0 Å². The molecule has 0 unspecified atom stereocenters. The number of hydrogen-bond acceptors (Lipinski definition) is 3. The van der Waals surface area contributed by atoms with Crippen LogP contribution in [0.15, 0.2) is 51.1 Å². The van der Waals surface area contributed by atoms with Gasteiger partial charge in [0.2, 0.25) is 0 Å². The van der Waals surface area contributed by atoms with Gasteiger partial charge in [-0.05, 0) is 0 Å². The summed E-state index contributed by atoms with van der Waals surface area (Å²) in [7, 11) is -2.92. The third-order valence-electron chi connectivity index (χ3n) is 2.06. The van der Waals surface area contributed by atoms with E-state index in [-0.39, 0.29) is 0 Å². The summed E-state index contributed by atoms with van der Waals surface area (Å²) in [6.07, 6.45) is -8.95. The minimum Gasteiger partial charge on any atom is -0.294 e. The van der Waals surface area contributed by atoms with E-state index in [4.69, 9.17) is 0 Å². The normalized spacial score (nSPS) is 12.7. The first kappa shape index (κ1) is 20.5. The molecule has 126 valence electrons. The van der Waals surface area contributed by atoms with Gasteiger partial charge in [-0.15, -0.1) is 0 Å². The van der Waals surface area contributed by atoms with Crippen molar-refractivity contribution in [1.29, 1.82) is 0 Å². The molecule has 0 aromatic carbocycles. The van der Waals surface area contributed by atoms with E-state index in [1.165, 1.54) is 0 Å². The standard InChI is InChI=1S/C11H12F7N2OP/c1-5-19(6-2)22(20(7-3)8-4)21-11(17,18)9(12,13)10(14,15)16/h5-8H,1-4H2. The number of rotatable bonds is 9. The maximum absolute atomic E-state index is 13.3. The van der Waals surface area contributed by atoms with Crippen molar-refractivity contribution in [3.05, 3.63) is 51.1 Å². The molecular weight excluding hydrogens is 340 g/mol. The predicted octanol–water partition coefficient (Wildman–Crippen LogP) is 5.20. The molecule has 0 bridgehead atoms. The van der Waals surface area contributed by atoms with Crippen LogP contribution < -0.4 is 0 Å². The fourth-order valence-corrected chi connectivity index (χ4v) is 2.27. The van der Waals surface area contributed by atoms with Crippen LogP contribution in [-0.2, 0) is 4.52 Å². The minimum atomic E-state index is -6.50. The van der Waals surface area contributed by atoms with Crippen molar-refractivity contribution in [2.45, 2.75) is 18.2 Å². The van der Waals surface area contributed by atoms with Crippen molar-refractivity contribution < 1.29 is 35.3 Å². The van der Waals surface area contributed by atoms with Gasteiger partial charge >= 0.3 is 18.2 Å². The summed E-state index contributed by atoms with van der Waals surface area (Å²) in [4.78, 5) is 0. The van der Waals surface area contributed by atoms with E-state index in [1.54, 1.807) is 0 Å². The first-order valence-electron chi connectivity index (χ1n) is 5.28. The first-order chi connectivity index (χ1) is 9.89. The third kappa shape index (κ3) is 4.01. The molecule has 0 aliphatic heterocycles. The van der Waals surface area contributed by atoms with Gasteiger partial charge in [-0.25, -0.2) is 0 Å². The van der Waals surface area contributed by atoms with Crippen LogP contribution in [0.4, 0.5) is 30.7 Å². The van der Waals surface area contributed by atoms with Gasteiger partial charge in [0.05, 0.1) is 0 Å². The number of nitrogens with zero attached hydrogens (tertiary/aromatic N) is 2. The Bertz CT molecular complexity index is 403. The minimum absolute atomic E-state index is 0.680. The van der Waals surface area contributed by atoms with Gasteiger partial charge in [0.1, 0.15) is 0 Å². The van der Waals surface area contributed by atoms with E-state index in [9.17, 15) is 30.7 Å². The highest BCUT2D eigenvalue weighted by Crippen LogP contribution is 2.56. The Labute approximate surface area is 123 Å². The molecule has 0 aromatic heterocycles. The average Bonchev–Trinajstić information content (AvgIpc) is 2.39. The third-order valence-corrected chi connectivity index (χ3v) is 3.90. The molecule has 11 heteroatoms. The first-order valence-corrected chi connectivity index (χ1v) is 6.44. The zero-order valence-electron chi connectivity index (χ0n) is 11.0. The van der Waals surface area contributed by atoms with Gasteiger partial charge in [-0.2, -0.15) is 30.7 Å². The molecule has 0 saturated heterocycles. The Morgan fingerprint density at radius 2 is 1.05 bits per heavy atom. The molecule has 0 N–H and O–H groups in total. The van der Waals surface area contributed by atoms with Crippen LogP contribution in [0, 0.1) is 0 Å². The lowest BCUT2D eigenvalue weighted by molar-refractivity contribution is -0.403. The van der Waals surface area contributed by atoms with Gasteiger partial charge in [0, 0.05) is 24.8 Å². The van der Waals surface area contributed by atoms with Gasteiger partial charge in [0.25, 0.3) is 8.45 Å². The Kier molecular flexibility index (Phi) is 6.65. The molecule has 22 heavy (non-hydrogen) atoms. The van der Waals surface area contributed by atoms with Gasteiger partial charge in [-0.1, -0.05) is 26.3 Å². The van der Waals surface area contributed by atoms with Gasteiger partial charge in [-0.3, -0.25) is 13.9 Å². The molecule has 3 nitrogen and oxygen atoms in total. The Morgan fingerprint density at radius 3 is 1.27 bits per heavy atom. The van der Waals surface area contributed by atoms with Crippen molar-refractivity contribution in [1.82, 2.24) is 9.34 Å². The highest BCUT2D eigenvalue weighted by atomic mass is 31.2. The van der Waals surface area contributed by atoms with Crippen molar-refractivity contribution in [2.75, 3.05) is 0 Å². The van der Waals surface area contributed by atoms with Crippen LogP contribution >= 0.6 is 8.45 Å². The van der Waals surface area contributed by atoms with Crippen molar-refractivity contribution in [2.24, 2.45) is 0 Å². The summed E-state index contributed by atoms with van der Waals surface area (Å²) in [6, 6.07) is 0. The second kappa shape index (κ2) is 7.15. The molecule has 0 aliphatic rings. The van der Waals surface area contributed by atoms with E-state index in [0.29, 0.717) is 9.34 Å². The summed E-state index contributed by atoms with van der Waals surface area (Å²) in [6.45, 7) is 12.7. The summed E-state index contributed by atoms with van der Waals surface area (Å²) in [5, 5.41) is 0. The molecule has 0 amide bonds. The largest absolute Gasteiger partial charge is 0.462 e. The summed E-state index contributed by atoms with van der Waals surface area (Å²) >= 11 is 0. The monoisotopic (exact) mass is 352 g/mol. The van der Waals surface area contributed by atoms with E-state index >= 15 is 0 Å². The zero-order valence-corrected chi connectivity index (χ0v) is 11.9. The molecule has 0 atom stereocenters. The second-order valence-electron chi connectivity index (χ2n) is 3.42. The van der Waals surface area contributed by atoms with Crippen LogP contribution in [0.3, 0.4) is 0 Å². The fraction of sp³-hybridized carbons (Fsp3) is 0.273. The molecule has 0 rings (SSSR count). The molecular formula is C11H12F7N2OP. The van der Waals surface area contributed by atoms with Crippen molar-refractivity contribution >= 4 is 8.45 Å². The zero-order chi connectivity index (χ0) is 17.8. The Balaban J connectivity index is 5.72. The molecule has 0 aromatic rings. The lowest BCUT2D eigenvalue weighted by atomic mass is 10.3. The number of alkyl halides is 7.